The number of nitrogens with one attached hydrogen (secondary N) is 2. The summed E-state index contributed by atoms with van der Waals surface area (Å²) in [6, 6.07) is 18.0. The number of aryl methyl sites for hydroxylation is 1. The Labute approximate surface area is 286 Å². The van der Waals surface area contributed by atoms with Crippen molar-refractivity contribution in [3.8, 4) is 11.1 Å². The van der Waals surface area contributed by atoms with Crippen molar-refractivity contribution in [2.75, 3.05) is 35.2 Å². The predicted octanol–water partition coefficient (Wildman–Crippen LogP) is 6.06. The predicted molar refractivity (Wildman–Crippen MR) is 185 cm³/mol. The second-order valence-corrected chi connectivity index (χ2v) is 14.6. The van der Waals surface area contributed by atoms with E-state index in [2.05, 4.69) is 15.2 Å². The lowest BCUT2D eigenvalue weighted by Gasteiger charge is -2.28. The van der Waals surface area contributed by atoms with Crippen LogP contribution in [0, 0.1) is 19.3 Å². The number of fused-ring (bicyclic) bond motifs is 1. The van der Waals surface area contributed by atoms with E-state index in [-0.39, 0.29) is 23.2 Å². The van der Waals surface area contributed by atoms with Crippen molar-refractivity contribution in [2.24, 2.45) is 5.41 Å². The molecular weight excluding hydrogens is 646 g/mol. The number of hydrogen-bond acceptors (Lipinski definition) is 10. The molecule has 0 bridgehead atoms. The molecule has 1 atom stereocenters. The fourth-order valence-corrected chi connectivity index (χ4v) is 7.65. The maximum Gasteiger partial charge on any atom is 0.340 e. The Balaban J connectivity index is 1.43. The van der Waals surface area contributed by atoms with E-state index in [4.69, 9.17) is 14.0 Å². The number of aromatic nitrogens is 1. The number of carbonyl (C=O) groups excluding carboxylic acids is 2. The number of ether oxygens (including phenoxy) is 2. The molecule has 12 nitrogen and oxygen atoms in total. The summed E-state index contributed by atoms with van der Waals surface area (Å²) in [5, 5.41) is 7.24. The lowest BCUT2D eigenvalue weighted by atomic mass is 9.92. The first-order valence-electron chi connectivity index (χ1n) is 16.2. The molecule has 258 valence electrons. The van der Waals surface area contributed by atoms with Crippen LogP contribution in [0.1, 0.15) is 59.9 Å². The quantitative estimate of drug-likeness (QED) is 0.179. The van der Waals surface area contributed by atoms with Crippen LogP contribution in [0.4, 0.5) is 17.3 Å². The molecule has 1 fully saturated rings. The van der Waals surface area contributed by atoms with Crippen LogP contribution in [0.25, 0.3) is 11.1 Å². The average Bonchev–Trinajstić information content (AvgIpc) is 3.68. The first-order valence-corrected chi connectivity index (χ1v) is 17.6. The largest absolute Gasteiger partial charge is 0.465 e. The first kappa shape index (κ1) is 34.0. The molecule has 2 aliphatic rings. The van der Waals surface area contributed by atoms with Gasteiger partial charge in [0, 0.05) is 42.8 Å². The van der Waals surface area contributed by atoms with Gasteiger partial charge in [-0.05, 0) is 62.1 Å². The highest BCUT2D eigenvalue weighted by atomic mass is 32.2. The highest BCUT2D eigenvalue weighted by Gasteiger charge is 2.39. The molecule has 3 aromatic carbocycles. The molecule has 1 saturated heterocycles. The highest BCUT2D eigenvalue weighted by molar-refractivity contribution is 7.92. The fraction of sp³-hybridized carbons (Fsp3) is 0.361. The van der Waals surface area contributed by atoms with Crippen LogP contribution in [0.15, 0.2) is 70.1 Å². The Bertz CT molecular complexity index is 2020. The zero-order chi connectivity index (χ0) is 35.1. The summed E-state index contributed by atoms with van der Waals surface area (Å²) in [7, 11) is -2.76. The summed E-state index contributed by atoms with van der Waals surface area (Å²) in [6.07, 6.45) is 0.170. The summed E-state index contributed by atoms with van der Waals surface area (Å²) in [5.74, 6) is -0.365. The average molecular weight is 688 g/mol. The monoisotopic (exact) mass is 687 g/mol. The van der Waals surface area contributed by atoms with E-state index in [0.717, 1.165) is 16.8 Å². The van der Waals surface area contributed by atoms with Crippen LogP contribution in [-0.2, 0) is 37.4 Å². The summed E-state index contributed by atoms with van der Waals surface area (Å²) < 4.78 is 46.7. The van der Waals surface area contributed by atoms with E-state index in [1.54, 1.807) is 50.2 Å². The van der Waals surface area contributed by atoms with Crippen LogP contribution in [0.5, 0.6) is 0 Å². The highest BCUT2D eigenvalue weighted by Crippen LogP contribution is 2.41. The van der Waals surface area contributed by atoms with Crippen molar-refractivity contribution >= 4 is 39.2 Å². The topological polar surface area (TPSA) is 143 Å². The molecule has 1 unspecified atom stereocenters. The number of nitrogens with zero attached hydrogens (tertiary/aromatic N) is 3. The molecule has 2 N–H and O–H groups in total. The standard InChI is InChI=1S/C36H41N5O7S/c1-7-47-35-37-29-13-10-12-28(33(42)46-6)31(29)41(35)20-24-15-16-26(25(19-24)21-40-18-17-36(4,5)34(40)43)27-11-8-9-14-30(27)49(44,45)39-32-22(2)23(3)38-48-32/h8-16,19,35,37,39H,7,17-18,20-21H2,1-6H3. The minimum atomic E-state index is -4.11. The van der Waals surface area contributed by atoms with Crippen LogP contribution >= 0.6 is 0 Å². The Hall–Kier alpha value is -4.88. The van der Waals surface area contributed by atoms with Gasteiger partial charge in [-0.15, -0.1) is 0 Å². The minimum Gasteiger partial charge on any atom is -0.465 e. The number of amides is 1. The third-order valence-electron chi connectivity index (χ3n) is 9.22. The number of hydrogen-bond donors (Lipinski definition) is 2. The number of anilines is 3. The molecule has 0 spiro atoms. The van der Waals surface area contributed by atoms with Crippen molar-refractivity contribution in [2.45, 2.75) is 65.4 Å². The van der Waals surface area contributed by atoms with E-state index < -0.39 is 27.8 Å². The number of methoxy groups -OCH3 is 1. The van der Waals surface area contributed by atoms with Gasteiger partial charge in [0.25, 0.3) is 10.0 Å². The number of rotatable bonds is 11. The van der Waals surface area contributed by atoms with Gasteiger partial charge in [0.2, 0.25) is 18.1 Å². The van der Waals surface area contributed by atoms with Crippen LogP contribution in [0.2, 0.25) is 0 Å². The first-order chi connectivity index (χ1) is 23.3. The van der Waals surface area contributed by atoms with Crippen LogP contribution in [0.3, 0.4) is 0 Å². The molecular formula is C36H41N5O7S. The van der Waals surface area contributed by atoms with Gasteiger partial charge >= 0.3 is 5.97 Å². The van der Waals surface area contributed by atoms with Gasteiger partial charge in [0.1, 0.15) is 0 Å². The zero-order valence-electron chi connectivity index (χ0n) is 28.5. The fourth-order valence-electron chi connectivity index (χ4n) is 6.38. The normalized spacial score (nSPS) is 16.9. The molecule has 3 heterocycles. The molecule has 6 rings (SSSR count). The molecule has 4 aromatic rings. The Morgan fingerprint density at radius 2 is 1.86 bits per heavy atom. The SMILES string of the molecule is CCOC1Nc2cccc(C(=O)OC)c2N1Cc1ccc(-c2ccccc2S(=O)(=O)Nc2onc(C)c2C)c(CN2CCC(C)(C)C2=O)c1. The molecule has 1 aromatic heterocycles. The van der Waals surface area contributed by atoms with Crippen molar-refractivity contribution in [3.05, 3.63) is 88.6 Å². The molecule has 2 aliphatic heterocycles. The maximum absolute atomic E-state index is 13.8. The molecule has 0 saturated carbocycles. The van der Waals surface area contributed by atoms with Crippen LogP contribution < -0.4 is 14.9 Å². The van der Waals surface area contributed by atoms with Gasteiger partial charge < -0.3 is 29.1 Å². The molecule has 1 amide bonds. The summed E-state index contributed by atoms with van der Waals surface area (Å²) in [6.45, 7) is 10.9. The van der Waals surface area contributed by atoms with Gasteiger partial charge in [0.05, 0.1) is 34.6 Å². The van der Waals surface area contributed by atoms with Gasteiger partial charge in [-0.2, -0.15) is 0 Å². The number of likely N-dealkylation sites (tertiary alicyclic amines) is 1. The lowest BCUT2D eigenvalue weighted by molar-refractivity contribution is -0.135. The van der Waals surface area contributed by atoms with E-state index in [1.807, 2.05) is 54.8 Å². The maximum atomic E-state index is 13.8. The second-order valence-electron chi connectivity index (χ2n) is 12.9. The summed E-state index contributed by atoms with van der Waals surface area (Å²) in [5.41, 5.74) is 5.30. The van der Waals surface area contributed by atoms with E-state index >= 15 is 0 Å². The third kappa shape index (κ3) is 6.47. The zero-order valence-corrected chi connectivity index (χ0v) is 29.3. The van der Waals surface area contributed by atoms with Crippen molar-refractivity contribution in [3.63, 3.8) is 0 Å². The minimum absolute atomic E-state index is 0.0411. The van der Waals surface area contributed by atoms with Crippen molar-refractivity contribution < 1.29 is 32.0 Å². The van der Waals surface area contributed by atoms with Crippen molar-refractivity contribution in [1.82, 2.24) is 10.1 Å². The number of para-hydroxylation sites is 1. The molecule has 49 heavy (non-hydrogen) atoms. The van der Waals surface area contributed by atoms with E-state index in [1.165, 1.54) is 7.11 Å². The summed E-state index contributed by atoms with van der Waals surface area (Å²) in [4.78, 5) is 30.1. The Morgan fingerprint density at radius 3 is 2.53 bits per heavy atom. The van der Waals surface area contributed by atoms with E-state index in [9.17, 15) is 18.0 Å². The van der Waals surface area contributed by atoms with Gasteiger partial charge in [-0.1, -0.05) is 61.5 Å². The third-order valence-corrected chi connectivity index (χ3v) is 10.6. The van der Waals surface area contributed by atoms with Gasteiger partial charge in [0.15, 0.2) is 0 Å². The molecule has 0 radical (unpaired) electrons. The number of sulfonamides is 1. The smallest absolute Gasteiger partial charge is 0.340 e. The number of benzene rings is 3. The molecule has 13 heteroatoms. The second kappa shape index (κ2) is 13.2. The lowest BCUT2D eigenvalue weighted by Crippen LogP contribution is -2.38. The summed E-state index contributed by atoms with van der Waals surface area (Å²) >= 11 is 0. The van der Waals surface area contributed by atoms with Gasteiger partial charge in [-0.3, -0.25) is 4.79 Å². The van der Waals surface area contributed by atoms with Gasteiger partial charge in [-0.25, -0.2) is 17.9 Å². The van der Waals surface area contributed by atoms with Crippen molar-refractivity contribution in [1.29, 1.82) is 0 Å². The molecule has 0 aliphatic carbocycles. The van der Waals surface area contributed by atoms with E-state index in [0.29, 0.717) is 59.8 Å². The number of carbonyl (C=O) groups is 2. The Morgan fingerprint density at radius 1 is 1.08 bits per heavy atom. The number of esters is 1. The van der Waals surface area contributed by atoms with Crippen LogP contribution in [-0.4, -0.2) is 57.0 Å². The Kier molecular flexibility index (Phi) is 9.16.